The molecule has 0 saturated carbocycles. The highest BCUT2D eigenvalue weighted by Crippen LogP contribution is 2.16. The van der Waals surface area contributed by atoms with Crippen LogP contribution in [0.3, 0.4) is 0 Å². The second-order valence-corrected chi connectivity index (χ2v) is 8.04. The van der Waals surface area contributed by atoms with E-state index in [1.165, 1.54) is 0 Å². The Morgan fingerprint density at radius 2 is 1.59 bits per heavy atom. The van der Waals surface area contributed by atoms with Gasteiger partial charge in [-0.15, -0.1) is 0 Å². The Morgan fingerprint density at radius 3 is 1.94 bits per heavy atom. The van der Waals surface area contributed by atoms with E-state index >= 15 is 0 Å². The molecule has 0 aromatic rings. The van der Waals surface area contributed by atoms with E-state index in [0.29, 0.717) is 18.9 Å². The number of hydrogen-bond donors (Lipinski definition) is 1. The maximum absolute atomic E-state index is 11.6. The van der Waals surface area contributed by atoms with Crippen LogP contribution in [-0.2, 0) is 18.1 Å². The number of hydrogen-bond acceptors (Lipinski definition) is 4. The highest BCUT2D eigenvalue weighted by Gasteiger charge is 2.37. The van der Waals surface area contributed by atoms with Crippen LogP contribution in [0, 0.1) is 0 Å². The Hall–Kier alpha value is -0.433. The van der Waals surface area contributed by atoms with Gasteiger partial charge in [-0.05, 0) is 27.2 Å². The molecule has 0 rings (SSSR count). The Morgan fingerprint density at radius 1 is 1.12 bits per heavy atom. The SMILES string of the molecule is CO[Si](CCCC(=O)NC(C)(C)C)(OC)OC. The molecule has 0 bridgehead atoms. The first-order valence-corrected chi connectivity index (χ1v) is 7.68. The van der Waals surface area contributed by atoms with Crippen LogP contribution in [-0.4, -0.2) is 41.6 Å². The fourth-order valence-electron chi connectivity index (χ4n) is 1.50. The quantitative estimate of drug-likeness (QED) is 0.708. The van der Waals surface area contributed by atoms with Crippen LogP contribution in [0.5, 0.6) is 0 Å². The molecule has 1 N–H and O–H groups in total. The predicted molar refractivity (Wildman–Crippen MR) is 68.7 cm³/mol. The predicted octanol–water partition coefficient (Wildman–Crippen LogP) is 1.56. The number of carbonyl (C=O) groups is 1. The second-order valence-electron chi connectivity index (χ2n) is 4.95. The second kappa shape index (κ2) is 7.10. The van der Waals surface area contributed by atoms with Gasteiger partial charge >= 0.3 is 8.80 Å². The molecule has 0 aromatic carbocycles. The van der Waals surface area contributed by atoms with Crippen molar-refractivity contribution >= 4 is 14.7 Å². The van der Waals surface area contributed by atoms with Crippen molar-refractivity contribution in [3.8, 4) is 0 Å². The lowest BCUT2D eigenvalue weighted by Gasteiger charge is -2.24. The smallest absolute Gasteiger partial charge is 0.377 e. The fourth-order valence-corrected chi connectivity index (χ4v) is 3.22. The molecule has 0 saturated heterocycles. The molecule has 0 aromatic heterocycles. The summed E-state index contributed by atoms with van der Waals surface area (Å²) in [6.07, 6.45) is 1.16. The molecule has 0 heterocycles. The normalized spacial score (nSPS) is 12.6. The van der Waals surface area contributed by atoms with Gasteiger partial charge in [0.2, 0.25) is 5.91 Å². The maximum Gasteiger partial charge on any atom is 0.500 e. The van der Waals surface area contributed by atoms with Gasteiger partial charge in [0.1, 0.15) is 0 Å². The van der Waals surface area contributed by atoms with Crippen LogP contribution in [0.4, 0.5) is 0 Å². The number of rotatable bonds is 7. The van der Waals surface area contributed by atoms with Crippen molar-refractivity contribution < 1.29 is 18.1 Å². The van der Waals surface area contributed by atoms with Crippen LogP contribution < -0.4 is 5.32 Å². The topological polar surface area (TPSA) is 56.8 Å². The van der Waals surface area contributed by atoms with E-state index in [1.807, 2.05) is 20.8 Å². The third-order valence-corrected chi connectivity index (χ3v) is 5.17. The minimum atomic E-state index is -2.52. The molecule has 0 radical (unpaired) electrons. The van der Waals surface area contributed by atoms with Gasteiger partial charge in [0.05, 0.1) is 0 Å². The van der Waals surface area contributed by atoms with E-state index in [0.717, 1.165) is 0 Å². The van der Waals surface area contributed by atoms with E-state index in [2.05, 4.69) is 5.32 Å². The van der Waals surface area contributed by atoms with E-state index in [1.54, 1.807) is 21.3 Å². The summed E-state index contributed by atoms with van der Waals surface area (Å²) in [5, 5.41) is 2.91. The zero-order chi connectivity index (χ0) is 13.5. The minimum absolute atomic E-state index is 0.0451. The van der Waals surface area contributed by atoms with Gasteiger partial charge in [0.15, 0.2) is 0 Å². The summed E-state index contributed by atoms with van der Waals surface area (Å²) in [7, 11) is 2.21. The molecule has 1 amide bonds. The summed E-state index contributed by atoms with van der Waals surface area (Å²) in [6.45, 7) is 5.89. The van der Waals surface area contributed by atoms with Gasteiger partial charge in [-0.25, -0.2) is 0 Å². The van der Waals surface area contributed by atoms with Crippen molar-refractivity contribution in [1.82, 2.24) is 5.32 Å². The first-order valence-electron chi connectivity index (χ1n) is 5.75. The van der Waals surface area contributed by atoms with E-state index in [9.17, 15) is 4.79 Å². The van der Waals surface area contributed by atoms with Crippen molar-refractivity contribution in [3.05, 3.63) is 0 Å². The average Bonchev–Trinajstić information content (AvgIpc) is 2.22. The van der Waals surface area contributed by atoms with Crippen molar-refractivity contribution in [2.45, 2.75) is 45.2 Å². The van der Waals surface area contributed by atoms with Gasteiger partial charge in [-0.3, -0.25) is 4.79 Å². The fraction of sp³-hybridized carbons (Fsp3) is 0.909. The number of amides is 1. The van der Waals surface area contributed by atoms with Gasteiger partial charge < -0.3 is 18.6 Å². The first-order chi connectivity index (χ1) is 7.78. The molecule has 5 nitrogen and oxygen atoms in total. The van der Waals surface area contributed by atoms with Crippen LogP contribution in [0.25, 0.3) is 0 Å². The summed E-state index contributed by atoms with van der Waals surface area (Å²) in [6, 6.07) is 0.647. The molecular formula is C11H25NO4Si. The van der Waals surface area contributed by atoms with Crippen LogP contribution in [0.2, 0.25) is 6.04 Å². The monoisotopic (exact) mass is 263 g/mol. The van der Waals surface area contributed by atoms with E-state index in [4.69, 9.17) is 13.3 Å². The Labute approximate surface area is 105 Å². The van der Waals surface area contributed by atoms with Crippen molar-refractivity contribution in [2.24, 2.45) is 0 Å². The summed E-state index contributed by atoms with van der Waals surface area (Å²) in [4.78, 5) is 11.6. The molecule has 0 fully saturated rings. The van der Waals surface area contributed by atoms with Gasteiger partial charge in [-0.2, -0.15) is 0 Å². The number of carbonyl (C=O) groups excluding carboxylic acids is 1. The van der Waals surface area contributed by atoms with E-state index < -0.39 is 8.80 Å². The zero-order valence-corrected chi connectivity index (χ0v) is 12.8. The zero-order valence-electron chi connectivity index (χ0n) is 11.8. The Bertz CT molecular complexity index is 228. The first kappa shape index (κ1) is 16.6. The molecule has 0 spiro atoms. The van der Waals surface area contributed by atoms with Gasteiger partial charge in [-0.1, -0.05) is 0 Å². The largest absolute Gasteiger partial charge is 0.500 e. The maximum atomic E-state index is 11.6. The lowest BCUT2D eigenvalue weighted by Crippen LogP contribution is -2.43. The lowest BCUT2D eigenvalue weighted by atomic mass is 10.1. The summed E-state index contributed by atoms with van der Waals surface area (Å²) < 4.78 is 15.8. The van der Waals surface area contributed by atoms with Gasteiger partial charge in [0.25, 0.3) is 0 Å². The van der Waals surface area contributed by atoms with Crippen molar-refractivity contribution in [3.63, 3.8) is 0 Å². The molecule has 6 heteroatoms. The van der Waals surface area contributed by atoms with Gasteiger partial charge in [0, 0.05) is 39.3 Å². The lowest BCUT2D eigenvalue weighted by molar-refractivity contribution is -0.122. The third-order valence-electron chi connectivity index (χ3n) is 2.33. The summed E-state index contributed by atoms with van der Waals surface area (Å²) in [5.41, 5.74) is -0.185. The Balaban J connectivity index is 4.01. The highest BCUT2D eigenvalue weighted by molar-refractivity contribution is 6.60. The molecule has 17 heavy (non-hydrogen) atoms. The summed E-state index contributed by atoms with van der Waals surface area (Å²) in [5.74, 6) is 0.0451. The van der Waals surface area contributed by atoms with Crippen LogP contribution in [0.1, 0.15) is 33.6 Å². The highest BCUT2D eigenvalue weighted by atomic mass is 28.4. The average molecular weight is 263 g/mol. The molecule has 0 unspecified atom stereocenters. The molecule has 102 valence electrons. The minimum Gasteiger partial charge on any atom is -0.377 e. The molecular weight excluding hydrogens is 238 g/mol. The molecule has 0 aliphatic rings. The van der Waals surface area contributed by atoms with Crippen LogP contribution in [0.15, 0.2) is 0 Å². The molecule has 0 aliphatic heterocycles. The van der Waals surface area contributed by atoms with Crippen molar-refractivity contribution in [1.29, 1.82) is 0 Å². The number of nitrogens with one attached hydrogen (secondary N) is 1. The standard InChI is InChI=1S/C11H25NO4Si/c1-11(2,3)12-10(13)8-7-9-17(14-4,15-5)16-6/h7-9H2,1-6H3,(H,12,13). The van der Waals surface area contributed by atoms with Crippen molar-refractivity contribution in [2.75, 3.05) is 21.3 Å². The van der Waals surface area contributed by atoms with E-state index in [-0.39, 0.29) is 11.4 Å². The van der Waals surface area contributed by atoms with Crippen LogP contribution >= 0.6 is 0 Å². The molecule has 0 atom stereocenters. The third kappa shape index (κ3) is 6.77. The summed E-state index contributed by atoms with van der Waals surface area (Å²) >= 11 is 0. The Kier molecular flexibility index (Phi) is 6.92. The molecule has 0 aliphatic carbocycles.